The number of fused-ring (bicyclic) bond motifs is 1. The molecule has 0 atom stereocenters. The van der Waals surface area contributed by atoms with Crippen LogP contribution in [0.2, 0.25) is 0 Å². The smallest absolute Gasteiger partial charge is 0.252 e. The number of primary amides is 1. The van der Waals surface area contributed by atoms with E-state index >= 15 is 0 Å². The summed E-state index contributed by atoms with van der Waals surface area (Å²) in [6.45, 7) is 0. The summed E-state index contributed by atoms with van der Waals surface area (Å²) in [5.41, 5.74) is 14.4. The van der Waals surface area contributed by atoms with Crippen molar-refractivity contribution in [1.82, 2.24) is 9.61 Å². The maximum atomic E-state index is 11.3. The van der Waals surface area contributed by atoms with Crippen molar-refractivity contribution in [2.75, 3.05) is 16.7 Å². The van der Waals surface area contributed by atoms with Crippen molar-refractivity contribution >= 4 is 32.8 Å². The van der Waals surface area contributed by atoms with Gasteiger partial charge in [0.05, 0.1) is 29.2 Å². The van der Waals surface area contributed by atoms with Crippen LogP contribution in [0.1, 0.15) is 10.4 Å². The molecule has 5 N–H and O–H groups in total. The van der Waals surface area contributed by atoms with Crippen LogP contribution < -0.4 is 16.2 Å². The molecule has 0 aliphatic carbocycles. The zero-order chi connectivity index (χ0) is 17.5. The highest BCUT2D eigenvalue weighted by Crippen LogP contribution is 2.27. The van der Waals surface area contributed by atoms with Crippen molar-refractivity contribution < 1.29 is 13.2 Å². The van der Waals surface area contributed by atoms with Crippen LogP contribution in [0.25, 0.3) is 16.6 Å². The van der Waals surface area contributed by atoms with Gasteiger partial charge in [-0.15, -0.1) is 0 Å². The minimum absolute atomic E-state index is 0.167. The van der Waals surface area contributed by atoms with Gasteiger partial charge in [0.1, 0.15) is 0 Å². The summed E-state index contributed by atoms with van der Waals surface area (Å²) < 4.78 is 26.4. The van der Waals surface area contributed by atoms with Gasteiger partial charge in [0.25, 0.3) is 5.91 Å². The summed E-state index contributed by atoms with van der Waals surface area (Å²) in [5, 5.41) is 4.12. The van der Waals surface area contributed by atoms with E-state index in [0.29, 0.717) is 11.2 Å². The average Bonchev–Trinajstić information content (AvgIpc) is 2.91. The maximum Gasteiger partial charge on any atom is 0.252 e. The molecule has 3 aromatic rings. The molecule has 3 rings (SSSR count). The molecule has 124 valence electrons. The van der Waals surface area contributed by atoms with Gasteiger partial charge in [-0.25, -0.2) is 12.9 Å². The molecule has 0 spiro atoms. The number of benzene rings is 1. The molecule has 1 aromatic carbocycles. The Labute approximate surface area is 138 Å². The number of carbonyl (C=O) groups excluding carboxylic acids is 1. The minimum Gasteiger partial charge on any atom is -0.396 e. The standard InChI is InChI=1S/C15H15N5O3S/c1-24(22,23)19-11-4-2-9(3-5-11)10-6-13-14(16)12(15(17)21)7-18-20(13)8-10/h2-8,19H,16H2,1H3,(H2,17,21). The molecular formula is C15H15N5O3S. The van der Waals surface area contributed by atoms with Gasteiger partial charge in [0, 0.05) is 17.4 Å². The summed E-state index contributed by atoms with van der Waals surface area (Å²) in [5.74, 6) is -0.638. The van der Waals surface area contributed by atoms with Crippen LogP contribution in [0.3, 0.4) is 0 Å². The number of sulfonamides is 1. The van der Waals surface area contributed by atoms with Crippen molar-refractivity contribution in [2.24, 2.45) is 5.73 Å². The molecular weight excluding hydrogens is 330 g/mol. The Balaban J connectivity index is 2.01. The highest BCUT2D eigenvalue weighted by atomic mass is 32.2. The van der Waals surface area contributed by atoms with Crippen LogP contribution in [0.5, 0.6) is 0 Å². The second-order valence-corrected chi connectivity index (χ2v) is 7.09. The van der Waals surface area contributed by atoms with Crippen LogP contribution in [0.4, 0.5) is 11.4 Å². The van der Waals surface area contributed by atoms with Crippen molar-refractivity contribution in [3.8, 4) is 11.1 Å². The fourth-order valence-electron chi connectivity index (χ4n) is 2.38. The van der Waals surface area contributed by atoms with Gasteiger partial charge in [-0.05, 0) is 23.8 Å². The third kappa shape index (κ3) is 3.01. The summed E-state index contributed by atoms with van der Waals surface area (Å²) in [4.78, 5) is 11.3. The Morgan fingerprint density at radius 1 is 1.21 bits per heavy atom. The van der Waals surface area contributed by atoms with Gasteiger partial charge in [0.15, 0.2) is 0 Å². The highest BCUT2D eigenvalue weighted by Gasteiger charge is 2.13. The Kier molecular flexibility index (Phi) is 3.64. The zero-order valence-corrected chi connectivity index (χ0v) is 13.5. The molecule has 0 fully saturated rings. The van der Waals surface area contributed by atoms with Crippen LogP contribution in [-0.2, 0) is 10.0 Å². The summed E-state index contributed by atoms with van der Waals surface area (Å²) in [6.07, 6.45) is 4.18. The number of nitrogens with zero attached hydrogens (tertiary/aromatic N) is 2. The molecule has 0 saturated carbocycles. The lowest BCUT2D eigenvalue weighted by Crippen LogP contribution is -2.15. The molecule has 0 radical (unpaired) electrons. The molecule has 24 heavy (non-hydrogen) atoms. The maximum absolute atomic E-state index is 11.3. The van der Waals surface area contributed by atoms with E-state index in [1.54, 1.807) is 41.0 Å². The van der Waals surface area contributed by atoms with E-state index in [1.807, 2.05) is 0 Å². The topological polar surface area (TPSA) is 133 Å². The number of carbonyl (C=O) groups is 1. The number of hydrogen-bond donors (Lipinski definition) is 3. The monoisotopic (exact) mass is 345 g/mol. The van der Waals surface area contributed by atoms with Gasteiger partial charge >= 0.3 is 0 Å². The van der Waals surface area contributed by atoms with E-state index in [-0.39, 0.29) is 11.3 Å². The van der Waals surface area contributed by atoms with Crippen molar-refractivity contribution in [1.29, 1.82) is 0 Å². The Hall–Kier alpha value is -3.07. The van der Waals surface area contributed by atoms with Crippen LogP contribution in [0.15, 0.2) is 42.7 Å². The summed E-state index contributed by atoms with van der Waals surface area (Å²) in [6, 6.07) is 8.64. The average molecular weight is 345 g/mol. The van der Waals surface area contributed by atoms with Crippen molar-refractivity contribution in [3.63, 3.8) is 0 Å². The summed E-state index contributed by atoms with van der Waals surface area (Å²) in [7, 11) is -3.32. The van der Waals surface area contributed by atoms with Gasteiger partial charge in [-0.2, -0.15) is 5.10 Å². The Bertz CT molecular complexity index is 1040. The van der Waals surface area contributed by atoms with Gasteiger partial charge in [0.2, 0.25) is 10.0 Å². The predicted octanol–water partition coefficient (Wildman–Crippen LogP) is 1.05. The van der Waals surface area contributed by atoms with Crippen LogP contribution in [0, 0.1) is 0 Å². The van der Waals surface area contributed by atoms with Gasteiger partial charge in [-0.3, -0.25) is 9.52 Å². The van der Waals surface area contributed by atoms with Crippen LogP contribution in [-0.4, -0.2) is 30.2 Å². The Morgan fingerprint density at radius 3 is 2.46 bits per heavy atom. The first kappa shape index (κ1) is 15.8. The second kappa shape index (κ2) is 5.53. The summed E-state index contributed by atoms with van der Waals surface area (Å²) >= 11 is 0. The number of rotatable bonds is 4. The lowest BCUT2D eigenvalue weighted by Gasteiger charge is -2.04. The first-order valence-electron chi connectivity index (χ1n) is 6.89. The minimum atomic E-state index is -3.32. The fraction of sp³-hybridized carbons (Fsp3) is 0.0667. The van der Waals surface area contributed by atoms with Gasteiger partial charge < -0.3 is 11.5 Å². The molecule has 2 aromatic heterocycles. The quantitative estimate of drug-likeness (QED) is 0.650. The zero-order valence-electron chi connectivity index (χ0n) is 12.7. The number of nitrogens with two attached hydrogens (primary N) is 2. The fourth-order valence-corrected chi connectivity index (χ4v) is 2.94. The third-order valence-electron chi connectivity index (χ3n) is 3.46. The van der Waals surface area contributed by atoms with Gasteiger partial charge in [-0.1, -0.05) is 12.1 Å². The van der Waals surface area contributed by atoms with E-state index in [0.717, 1.165) is 17.4 Å². The molecule has 0 aliphatic heterocycles. The van der Waals surface area contributed by atoms with E-state index in [4.69, 9.17) is 11.5 Å². The lowest BCUT2D eigenvalue weighted by molar-refractivity contribution is 0.100. The van der Waals surface area contributed by atoms with Crippen LogP contribution >= 0.6 is 0 Å². The number of hydrogen-bond acceptors (Lipinski definition) is 5. The predicted molar refractivity (Wildman–Crippen MR) is 92.0 cm³/mol. The first-order valence-corrected chi connectivity index (χ1v) is 8.78. The number of nitrogens with one attached hydrogen (secondary N) is 1. The number of anilines is 2. The van der Waals surface area contributed by atoms with E-state index < -0.39 is 15.9 Å². The SMILES string of the molecule is CS(=O)(=O)Nc1ccc(-c2cc3c(N)c(C(N)=O)cnn3c2)cc1. The van der Waals surface area contributed by atoms with E-state index in [2.05, 4.69) is 9.82 Å². The molecule has 8 nitrogen and oxygen atoms in total. The van der Waals surface area contributed by atoms with Crippen molar-refractivity contribution in [2.45, 2.75) is 0 Å². The van der Waals surface area contributed by atoms with E-state index in [9.17, 15) is 13.2 Å². The number of aromatic nitrogens is 2. The molecule has 2 heterocycles. The third-order valence-corrected chi connectivity index (χ3v) is 4.07. The molecule has 1 amide bonds. The van der Waals surface area contributed by atoms with E-state index in [1.165, 1.54) is 6.20 Å². The number of nitrogen functional groups attached to an aromatic ring is 1. The molecule has 0 saturated heterocycles. The largest absolute Gasteiger partial charge is 0.396 e. The van der Waals surface area contributed by atoms with Crippen molar-refractivity contribution in [3.05, 3.63) is 48.3 Å². The number of amides is 1. The Morgan fingerprint density at radius 2 is 1.88 bits per heavy atom. The lowest BCUT2D eigenvalue weighted by atomic mass is 10.1. The molecule has 0 unspecified atom stereocenters. The molecule has 0 aliphatic rings. The normalized spacial score (nSPS) is 11.5. The molecule has 0 bridgehead atoms. The second-order valence-electron chi connectivity index (χ2n) is 5.35. The molecule has 9 heteroatoms. The first-order chi connectivity index (χ1) is 11.2. The highest BCUT2D eigenvalue weighted by molar-refractivity contribution is 7.92.